The summed E-state index contributed by atoms with van der Waals surface area (Å²) >= 11 is 2.92. The molecule has 1 saturated heterocycles. The van der Waals surface area contributed by atoms with Crippen LogP contribution in [-0.2, 0) is 14.8 Å². The van der Waals surface area contributed by atoms with Crippen molar-refractivity contribution in [3.8, 4) is 0 Å². The third kappa shape index (κ3) is 5.37. The molecule has 1 aliphatic heterocycles. The number of fused-ring (bicyclic) bond motifs is 1. The predicted octanol–water partition coefficient (Wildman–Crippen LogP) is 2.70. The van der Waals surface area contributed by atoms with Gasteiger partial charge in [0.25, 0.3) is 0 Å². The van der Waals surface area contributed by atoms with Crippen LogP contribution >= 0.6 is 23.1 Å². The molecule has 0 unspecified atom stereocenters. The minimum atomic E-state index is -3.30. The lowest BCUT2D eigenvalue weighted by Crippen LogP contribution is -2.51. The van der Waals surface area contributed by atoms with Gasteiger partial charge in [-0.3, -0.25) is 14.4 Å². The van der Waals surface area contributed by atoms with E-state index < -0.39 is 10.0 Å². The predicted molar refractivity (Wildman–Crippen MR) is 117 cm³/mol. The van der Waals surface area contributed by atoms with Gasteiger partial charge in [-0.25, -0.2) is 13.4 Å². The lowest BCUT2D eigenvalue weighted by molar-refractivity contribution is -0.130. The molecule has 10 heteroatoms. The maximum Gasteiger partial charge on any atom is 0.233 e. The molecule has 0 bridgehead atoms. The van der Waals surface area contributed by atoms with Crippen molar-refractivity contribution in [3.05, 3.63) is 18.2 Å². The van der Waals surface area contributed by atoms with Crippen molar-refractivity contribution < 1.29 is 13.2 Å². The van der Waals surface area contributed by atoms with Gasteiger partial charge in [-0.2, -0.15) is 0 Å². The number of carbonyl (C=O) groups excluding carboxylic acids is 1. The lowest BCUT2D eigenvalue weighted by atomic mass is 10.2. The summed E-state index contributed by atoms with van der Waals surface area (Å²) in [5.74, 6) is 0.545. The van der Waals surface area contributed by atoms with E-state index in [0.29, 0.717) is 17.5 Å². The molecular weight excluding hydrogens is 416 g/mol. The zero-order valence-corrected chi connectivity index (χ0v) is 18.8. The first-order valence-corrected chi connectivity index (χ1v) is 12.8. The standard InChI is InChI=1S/C18H26N4O3S3/c1-4-28(24,25)20-14-5-6-15-16(11-14)27-18(19-15)26-12-17(23)22-9-7-21(8-10-22)13(2)3/h5-6,11,13,20H,4,7-10,12H2,1-3H3. The monoisotopic (exact) mass is 442 g/mol. The van der Waals surface area contributed by atoms with Gasteiger partial charge >= 0.3 is 0 Å². The Hall–Kier alpha value is -1.36. The Morgan fingerprint density at radius 1 is 1.29 bits per heavy atom. The van der Waals surface area contributed by atoms with Crippen molar-refractivity contribution in [1.82, 2.24) is 14.8 Å². The van der Waals surface area contributed by atoms with Gasteiger partial charge in [0.05, 0.1) is 27.4 Å². The molecule has 0 atom stereocenters. The Labute approximate surface area is 174 Å². The van der Waals surface area contributed by atoms with Gasteiger partial charge in [0.2, 0.25) is 15.9 Å². The summed E-state index contributed by atoms with van der Waals surface area (Å²) in [6.45, 7) is 9.36. The van der Waals surface area contributed by atoms with E-state index in [-0.39, 0.29) is 11.7 Å². The number of hydrogen-bond acceptors (Lipinski definition) is 7. The quantitative estimate of drug-likeness (QED) is 0.664. The van der Waals surface area contributed by atoms with E-state index in [9.17, 15) is 13.2 Å². The fraction of sp³-hybridized carbons (Fsp3) is 0.556. The van der Waals surface area contributed by atoms with Crippen LogP contribution in [0, 0.1) is 0 Å². The number of sulfonamides is 1. The lowest BCUT2D eigenvalue weighted by Gasteiger charge is -2.36. The number of hydrogen-bond donors (Lipinski definition) is 1. The van der Waals surface area contributed by atoms with Gasteiger partial charge in [-0.1, -0.05) is 11.8 Å². The number of amides is 1. The van der Waals surface area contributed by atoms with Gasteiger partial charge in [0, 0.05) is 32.2 Å². The van der Waals surface area contributed by atoms with Gasteiger partial charge in [0.15, 0.2) is 4.34 Å². The normalized spacial score (nSPS) is 16.1. The summed E-state index contributed by atoms with van der Waals surface area (Å²) < 4.78 is 27.7. The Bertz CT molecular complexity index is 935. The maximum atomic E-state index is 12.5. The third-order valence-electron chi connectivity index (χ3n) is 4.74. The van der Waals surface area contributed by atoms with Crippen LogP contribution in [0.4, 0.5) is 5.69 Å². The van der Waals surface area contributed by atoms with Gasteiger partial charge in [0.1, 0.15) is 0 Å². The zero-order chi connectivity index (χ0) is 20.3. The molecule has 1 fully saturated rings. The van der Waals surface area contributed by atoms with Crippen LogP contribution in [0.5, 0.6) is 0 Å². The molecule has 154 valence electrons. The molecule has 7 nitrogen and oxygen atoms in total. The molecule has 0 radical (unpaired) electrons. The number of carbonyl (C=O) groups is 1. The highest BCUT2D eigenvalue weighted by Gasteiger charge is 2.22. The molecule has 2 heterocycles. The van der Waals surface area contributed by atoms with Crippen LogP contribution in [-0.4, -0.2) is 72.8 Å². The molecular formula is C18H26N4O3S3. The fourth-order valence-electron chi connectivity index (χ4n) is 2.98. The van der Waals surface area contributed by atoms with Crippen molar-refractivity contribution in [3.63, 3.8) is 0 Å². The van der Waals surface area contributed by atoms with E-state index in [4.69, 9.17) is 0 Å². The van der Waals surface area contributed by atoms with Crippen molar-refractivity contribution >= 4 is 54.9 Å². The molecule has 1 aromatic carbocycles. The second-order valence-corrected chi connectivity index (χ2v) is 11.2. The number of thioether (sulfide) groups is 1. The third-order valence-corrected chi connectivity index (χ3v) is 8.19. The number of nitrogens with one attached hydrogen (secondary N) is 1. The number of nitrogens with zero attached hydrogens (tertiary/aromatic N) is 3. The van der Waals surface area contributed by atoms with Crippen LogP contribution in [0.3, 0.4) is 0 Å². The molecule has 0 saturated carbocycles. The second kappa shape index (κ2) is 8.98. The first-order chi connectivity index (χ1) is 13.3. The van der Waals surface area contributed by atoms with Crippen molar-refractivity contribution in [1.29, 1.82) is 0 Å². The molecule has 3 rings (SSSR count). The SMILES string of the molecule is CCS(=O)(=O)Nc1ccc2nc(SCC(=O)N3CCN(C(C)C)CC3)sc2c1. The zero-order valence-electron chi connectivity index (χ0n) is 16.3. The van der Waals surface area contributed by atoms with Gasteiger partial charge in [-0.05, 0) is 39.0 Å². The Morgan fingerprint density at radius 2 is 2.00 bits per heavy atom. The van der Waals surface area contributed by atoms with E-state index in [1.807, 2.05) is 4.90 Å². The average Bonchev–Trinajstić information content (AvgIpc) is 3.08. The summed E-state index contributed by atoms with van der Waals surface area (Å²) in [5.41, 5.74) is 1.35. The minimum Gasteiger partial charge on any atom is -0.339 e. The highest BCUT2D eigenvalue weighted by molar-refractivity contribution is 8.01. The maximum absolute atomic E-state index is 12.5. The molecule has 28 heavy (non-hydrogen) atoms. The fourth-order valence-corrected chi connectivity index (χ4v) is 5.62. The molecule has 0 spiro atoms. The Balaban J connectivity index is 1.58. The van der Waals surface area contributed by atoms with Crippen molar-refractivity contribution in [2.75, 3.05) is 42.4 Å². The molecule has 1 aromatic heterocycles. The summed E-state index contributed by atoms with van der Waals surface area (Å²) in [7, 11) is -3.30. The molecule has 1 N–H and O–H groups in total. The largest absolute Gasteiger partial charge is 0.339 e. The molecule has 1 aliphatic rings. The van der Waals surface area contributed by atoms with Crippen LogP contribution in [0.25, 0.3) is 10.2 Å². The van der Waals surface area contributed by atoms with E-state index in [2.05, 4.69) is 28.5 Å². The van der Waals surface area contributed by atoms with Crippen molar-refractivity contribution in [2.45, 2.75) is 31.2 Å². The average molecular weight is 443 g/mol. The van der Waals surface area contributed by atoms with Crippen LogP contribution in [0.2, 0.25) is 0 Å². The number of benzene rings is 1. The number of anilines is 1. The Morgan fingerprint density at radius 3 is 2.64 bits per heavy atom. The minimum absolute atomic E-state index is 0.0301. The first-order valence-electron chi connectivity index (χ1n) is 9.33. The topological polar surface area (TPSA) is 82.6 Å². The van der Waals surface area contributed by atoms with E-state index in [0.717, 1.165) is 40.7 Å². The van der Waals surface area contributed by atoms with E-state index in [1.54, 1.807) is 25.1 Å². The number of rotatable bonds is 7. The smallest absolute Gasteiger partial charge is 0.233 e. The highest BCUT2D eigenvalue weighted by Crippen LogP contribution is 2.31. The summed E-state index contributed by atoms with van der Waals surface area (Å²) in [4.78, 5) is 21.4. The first kappa shape index (κ1) is 21.4. The number of thiazole rings is 1. The van der Waals surface area contributed by atoms with E-state index in [1.165, 1.54) is 23.1 Å². The number of aromatic nitrogens is 1. The van der Waals surface area contributed by atoms with Crippen molar-refractivity contribution in [2.24, 2.45) is 0 Å². The molecule has 0 aliphatic carbocycles. The second-order valence-electron chi connectivity index (χ2n) is 6.97. The van der Waals surface area contributed by atoms with Crippen LogP contribution < -0.4 is 4.72 Å². The van der Waals surface area contributed by atoms with Gasteiger partial charge in [-0.15, -0.1) is 11.3 Å². The van der Waals surface area contributed by atoms with Crippen LogP contribution in [0.15, 0.2) is 22.5 Å². The summed E-state index contributed by atoms with van der Waals surface area (Å²) in [5, 5.41) is 0. The van der Waals surface area contributed by atoms with E-state index >= 15 is 0 Å². The van der Waals surface area contributed by atoms with Gasteiger partial charge < -0.3 is 4.90 Å². The van der Waals surface area contributed by atoms with Crippen LogP contribution in [0.1, 0.15) is 20.8 Å². The summed E-state index contributed by atoms with van der Waals surface area (Å²) in [6.07, 6.45) is 0. The molecule has 1 amide bonds. The summed E-state index contributed by atoms with van der Waals surface area (Å²) in [6, 6.07) is 5.82. The Kier molecular flexibility index (Phi) is 6.85. The molecule has 2 aromatic rings. The number of piperazine rings is 1. The highest BCUT2D eigenvalue weighted by atomic mass is 32.2.